The van der Waals surface area contributed by atoms with Crippen LogP contribution in [0, 0.1) is 6.92 Å². The summed E-state index contributed by atoms with van der Waals surface area (Å²) in [5.41, 5.74) is 3.16. The van der Waals surface area contributed by atoms with E-state index in [0.717, 1.165) is 0 Å². The third-order valence-corrected chi connectivity index (χ3v) is 1.73. The highest BCUT2D eigenvalue weighted by atomic mass is 35.5. The fourth-order valence-corrected chi connectivity index (χ4v) is 1.01. The molecule has 1 aromatic heterocycles. The molecule has 0 aliphatic heterocycles. The number of nitrogens with two attached hydrogens (primary N) is 1. The van der Waals surface area contributed by atoms with E-state index in [1.54, 1.807) is 6.92 Å². The standard InChI is InChI=1S/C6H8ClN3O2/c1-3-4(2-5(11)9-8)6(7)12-10-3/h2,8H2,1H3,(H,9,11). The van der Waals surface area contributed by atoms with E-state index in [1.807, 2.05) is 5.43 Å². The normalized spacial score (nSPS) is 9.92. The van der Waals surface area contributed by atoms with Gasteiger partial charge in [0.2, 0.25) is 11.1 Å². The van der Waals surface area contributed by atoms with Crippen molar-refractivity contribution in [3.05, 3.63) is 16.5 Å². The van der Waals surface area contributed by atoms with E-state index in [1.165, 1.54) is 0 Å². The van der Waals surface area contributed by atoms with Gasteiger partial charge in [-0.05, 0) is 18.5 Å². The topological polar surface area (TPSA) is 81.2 Å². The zero-order valence-corrected chi connectivity index (χ0v) is 7.18. The lowest BCUT2D eigenvalue weighted by Gasteiger charge is -1.96. The number of amides is 1. The molecule has 12 heavy (non-hydrogen) atoms. The molecule has 0 aromatic carbocycles. The smallest absolute Gasteiger partial charge is 0.238 e. The van der Waals surface area contributed by atoms with Gasteiger partial charge >= 0.3 is 0 Å². The fourth-order valence-electron chi connectivity index (χ4n) is 0.770. The number of aromatic nitrogens is 1. The molecule has 0 bridgehead atoms. The van der Waals surface area contributed by atoms with E-state index < -0.39 is 0 Å². The van der Waals surface area contributed by atoms with Crippen molar-refractivity contribution in [2.45, 2.75) is 13.3 Å². The van der Waals surface area contributed by atoms with Gasteiger partial charge in [-0.15, -0.1) is 0 Å². The predicted molar refractivity (Wildman–Crippen MR) is 42.3 cm³/mol. The molecule has 1 rings (SSSR count). The fraction of sp³-hybridized carbons (Fsp3) is 0.333. The van der Waals surface area contributed by atoms with Crippen LogP contribution in [0.5, 0.6) is 0 Å². The summed E-state index contributed by atoms with van der Waals surface area (Å²) in [5.74, 6) is 4.56. The molecule has 0 saturated carbocycles. The van der Waals surface area contributed by atoms with Gasteiger partial charge in [-0.2, -0.15) is 0 Å². The molecule has 0 spiro atoms. The number of hydrogen-bond acceptors (Lipinski definition) is 4. The molecule has 0 aliphatic rings. The first-order valence-corrected chi connectivity index (χ1v) is 3.63. The summed E-state index contributed by atoms with van der Waals surface area (Å²) in [7, 11) is 0. The SMILES string of the molecule is Cc1noc(Cl)c1CC(=O)NN. The van der Waals surface area contributed by atoms with Crippen molar-refractivity contribution >= 4 is 17.5 Å². The largest absolute Gasteiger partial charge is 0.344 e. The maximum Gasteiger partial charge on any atom is 0.238 e. The van der Waals surface area contributed by atoms with Crippen LogP contribution >= 0.6 is 11.6 Å². The molecule has 0 aliphatic carbocycles. The number of carbonyl (C=O) groups excluding carboxylic acids is 1. The number of nitrogens with zero attached hydrogens (tertiary/aromatic N) is 1. The van der Waals surface area contributed by atoms with Crippen LogP contribution in [0.3, 0.4) is 0 Å². The highest BCUT2D eigenvalue weighted by molar-refractivity contribution is 6.29. The minimum atomic E-state index is -0.330. The van der Waals surface area contributed by atoms with Crippen molar-refractivity contribution in [3.8, 4) is 0 Å². The highest BCUT2D eigenvalue weighted by Crippen LogP contribution is 2.18. The minimum absolute atomic E-state index is 0.0880. The van der Waals surface area contributed by atoms with Gasteiger partial charge in [0.1, 0.15) is 0 Å². The molecule has 1 aromatic rings. The number of hydrazine groups is 1. The molecular weight excluding hydrogens is 182 g/mol. The number of rotatable bonds is 2. The van der Waals surface area contributed by atoms with Crippen LogP contribution in [0.15, 0.2) is 4.52 Å². The third kappa shape index (κ3) is 1.75. The van der Waals surface area contributed by atoms with Crippen molar-refractivity contribution in [2.75, 3.05) is 0 Å². The molecule has 5 nitrogen and oxygen atoms in total. The van der Waals surface area contributed by atoms with Crippen LogP contribution in [-0.2, 0) is 11.2 Å². The lowest BCUT2D eigenvalue weighted by molar-refractivity contribution is -0.120. The van der Waals surface area contributed by atoms with E-state index in [4.69, 9.17) is 17.4 Å². The summed E-state index contributed by atoms with van der Waals surface area (Å²) in [6.07, 6.45) is 0.0880. The molecule has 0 fully saturated rings. The number of halogens is 1. The Balaban J connectivity index is 2.80. The van der Waals surface area contributed by atoms with Crippen LogP contribution in [0.2, 0.25) is 5.22 Å². The summed E-state index contributed by atoms with van der Waals surface area (Å²) in [6.45, 7) is 1.70. The van der Waals surface area contributed by atoms with Crippen molar-refractivity contribution in [1.82, 2.24) is 10.6 Å². The maximum absolute atomic E-state index is 10.8. The summed E-state index contributed by atoms with van der Waals surface area (Å²) in [6, 6.07) is 0. The van der Waals surface area contributed by atoms with Crippen molar-refractivity contribution < 1.29 is 9.32 Å². The Bertz CT molecular complexity index is 277. The summed E-state index contributed by atoms with van der Waals surface area (Å²) < 4.78 is 4.64. The molecule has 0 unspecified atom stereocenters. The van der Waals surface area contributed by atoms with Crippen LogP contribution in [0.4, 0.5) is 0 Å². The molecule has 1 heterocycles. The zero-order chi connectivity index (χ0) is 9.14. The molecule has 3 N–H and O–H groups in total. The zero-order valence-electron chi connectivity index (χ0n) is 6.43. The van der Waals surface area contributed by atoms with E-state index in [9.17, 15) is 4.79 Å². The Kier molecular flexibility index (Phi) is 2.67. The van der Waals surface area contributed by atoms with Crippen molar-refractivity contribution in [3.63, 3.8) is 0 Å². The number of hydrogen-bond donors (Lipinski definition) is 2. The minimum Gasteiger partial charge on any atom is -0.344 e. The second kappa shape index (κ2) is 3.55. The number of aryl methyl sites for hydroxylation is 1. The summed E-state index contributed by atoms with van der Waals surface area (Å²) >= 11 is 5.60. The van der Waals surface area contributed by atoms with E-state index in [2.05, 4.69) is 9.68 Å². The number of carbonyl (C=O) groups is 1. The number of nitrogens with one attached hydrogen (secondary N) is 1. The van der Waals surface area contributed by atoms with Gasteiger partial charge in [-0.3, -0.25) is 10.2 Å². The van der Waals surface area contributed by atoms with Crippen molar-refractivity contribution in [2.24, 2.45) is 5.84 Å². The van der Waals surface area contributed by atoms with Gasteiger partial charge in [0.15, 0.2) is 0 Å². The molecule has 0 saturated heterocycles. The van der Waals surface area contributed by atoms with Crippen LogP contribution < -0.4 is 11.3 Å². The van der Waals surface area contributed by atoms with Crippen LogP contribution in [0.25, 0.3) is 0 Å². The van der Waals surface area contributed by atoms with Crippen LogP contribution in [0.1, 0.15) is 11.3 Å². The monoisotopic (exact) mass is 189 g/mol. The molecule has 0 radical (unpaired) electrons. The summed E-state index contributed by atoms with van der Waals surface area (Å²) in [4.78, 5) is 10.8. The van der Waals surface area contributed by atoms with Gasteiger partial charge in [0.05, 0.1) is 12.1 Å². The molecular formula is C6H8ClN3O2. The van der Waals surface area contributed by atoms with E-state index in [-0.39, 0.29) is 17.5 Å². The lowest BCUT2D eigenvalue weighted by atomic mass is 10.2. The highest BCUT2D eigenvalue weighted by Gasteiger charge is 2.13. The lowest BCUT2D eigenvalue weighted by Crippen LogP contribution is -2.31. The first-order valence-electron chi connectivity index (χ1n) is 3.25. The second-order valence-corrected chi connectivity index (χ2v) is 2.61. The van der Waals surface area contributed by atoms with Crippen LogP contribution in [-0.4, -0.2) is 11.1 Å². The predicted octanol–water partition coefficient (Wildman–Crippen LogP) is 0.169. The van der Waals surface area contributed by atoms with Gasteiger partial charge in [-0.1, -0.05) is 5.16 Å². The van der Waals surface area contributed by atoms with Gasteiger partial charge in [-0.25, -0.2) is 5.84 Å². The average molecular weight is 190 g/mol. The van der Waals surface area contributed by atoms with E-state index in [0.29, 0.717) is 11.3 Å². The van der Waals surface area contributed by atoms with Gasteiger partial charge < -0.3 is 4.52 Å². The Morgan fingerprint density at radius 3 is 2.92 bits per heavy atom. The average Bonchev–Trinajstić information content (AvgIpc) is 2.35. The molecule has 0 atom stereocenters. The Hall–Kier alpha value is -1.07. The second-order valence-electron chi connectivity index (χ2n) is 2.26. The first-order chi connectivity index (χ1) is 5.65. The maximum atomic E-state index is 10.8. The Morgan fingerprint density at radius 2 is 2.50 bits per heavy atom. The first kappa shape index (κ1) is 9.02. The Morgan fingerprint density at radius 1 is 1.83 bits per heavy atom. The van der Waals surface area contributed by atoms with E-state index >= 15 is 0 Å². The quantitative estimate of drug-likeness (QED) is 0.395. The van der Waals surface area contributed by atoms with Gasteiger partial charge in [0.25, 0.3) is 0 Å². The molecule has 66 valence electrons. The summed E-state index contributed by atoms with van der Waals surface area (Å²) in [5, 5.41) is 3.71. The molecule has 1 amide bonds. The third-order valence-electron chi connectivity index (χ3n) is 1.44. The van der Waals surface area contributed by atoms with Crippen molar-refractivity contribution in [1.29, 1.82) is 0 Å². The Labute approximate surface area is 73.8 Å². The van der Waals surface area contributed by atoms with Gasteiger partial charge in [0, 0.05) is 5.56 Å². The molecule has 6 heteroatoms.